The molecular formula is C23H24Cl2N2O2. The minimum absolute atomic E-state index is 0.00318. The van der Waals surface area contributed by atoms with Crippen molar-refractivity contribution < 1.29 is 9.59 Å². The summed E-state index contributed by atoms with van der Waals surface area (Å²) in [6.45, 7) is 2.71. The van der Waals surface area contributed by atoms with Crippen LogP contribution in [0.3, 0.4) is 0 Å². The average Bonchev–Trinajstić information content (AvgIpc) is 2.75. The fraction of sp³-hybridized carbons (Fsp3) is 0.391. The largest absolute Gasteiger partial charge is 0.342 e. The number of rotatable bonds is 3. The van der Waals surface area contributed by atoms with Gasteiger partial charge in [0.1, 0.15) is 0 Å². The van der Waals surface area contributed by atoms with Crippen LogP contribution in [0.2, 0.25) is 10.0 Å². The molecule has 2 heterocycles. The maximum Gasteiger partial charge on any atom is 0.227 e. The van der Waals surface area contributed by atoms with E-state index in [-0.39, 0.29) is 24.2 Å². The number of benzene rings is 2. The third-order valence-electron chi connectivity index (χ3n) is 6.00. The van der Waals surface area contributed by atoms with Crippen molar-refractivity contribution in [3.63, 3.8) is 0 Å². The summed E-state index contributed by atoms with van der Waals surface area (Å²) in [5.41, 5.74) is 3.38. The zero-order chi connectivity index (χ0) is 20.4. The number of hydrogen-bond acceptors (Lipinski definition) is 2. The summed E-state index contributed by atoms with van der Waals surface area (Å²) in [4.78, 5) is 29.5. The molecule has 2 aliphatic rings. The Morgan fingerprint density at radius 3 is 2.38 bits per heavy atom. The molecule has 0 saturated carbocycles. The first-order valence-electron chi connectivity index (χ1n) is 10.1. The molecule has 4 nitrogen and oxygen atoms in total. The maximum atomic E-state index is 13.0. The molecule has 29 heavy (non-hydrogen) atoms. The third-order valence-corrected chi connectivity index (χ3v) is 6.58. The molecule has 2 aromatic carbocycles. The highest BCUT2D eigenvalue weighted by molar-refractivity contribution is 6.35. The van der Waals surface area contributed by atoms with Gasteiger partial charge in [-0.25, -0.2) is 0 Å². The summed E-state index contributed by atoms with van der Waals surface area (Å²) in [5.74, 6) is 0.280. The van der Waals surface area contributed by atoms with Crippen LogP contribution in [0.15, 0.2) is 42.5 Å². The highest BCUT2D eigenvalue weighted by Gasteiger charge is 2.31. The van der Waals surface area contributed by atoms with Crippen LogP contribution >= 0.6 is 23.2 Å². The predicted molar refractivity (Wildman–Crippen MR) is 115 cm³/mol. The van der Waals surface area contributed by atoms with E-state index in [1.54, 1.807) is 18.2 Å². The van der Waals surface area contributed by atoms with Gasteiger partial charge in [0, 0.05) is 42.1 Å². The Hall–Kier alpha value is -2.04. The van der Waals surface area contributed by atoms with Crippen molar-refractivity contribution in [2.24, 2.45) is 5.92 Å². The van der Waals surface area contributed by atoms with Gasteiger partial charge in [0.2, 0.25) is 11.8 Å². The lowest BCUT2D eigenvalue weighted by atomic mass is 9.92. The lowest BCUT2D eigenvalue weighted by Crippen LogP contribution is -2.46. The van der Waals surface area contributed by atoms with Crippen LogP contribution in [0.5, 0.6) is 0 Å². The molecule has 0 bridgehead atoms. The second kappa shape index (κ2) is 8.76. The van der Waals surface area contributed by atoms with Gasteiger partial charge in [-0.15, -0.1) is 0 Å². The van der Waals surface area contributed by atoms with Crippen molar-refractivity contribution in [3.8, 4) is 0 Å². The standard InChI is InChI=1S/C23H24Cl2N2O2/c24-20-6-5-18(21(25)14-20)13-22(28)26-10-8-17(9-11-26)23(29)27-12-7-16-3-1-2-4-19(16)15-27/h1-6,14,17H,7-13,15H2. The lowest BCUT2D eigenvalue weighted by molar-refractivity contribution is -0.141. The molecule has 0 spiro atoms. The minimum atomic E-state index is 0.00318. The predicted octanol–water partition coefficient (Wildman–Crippen LogP) is 4.36. The first kappa shape index (κ1) is 20.2. The van der Waals surface area contributed by atoms with Gasteiger partial charge in [-0.2, -0.15) is 0 Å². The quantitative estimate of drug-likeness (QED) is 0.725. The van der Waals surface area contributed by atoms with Gasteiger partial charge in [0.25, 0.3) is 0 Å². The number of piperidine rings is 1. The Labute approximate surface area is 181 Å². The molecular weight excluding hydrogens is 407 g/mol. The summed E-state index contributed by atoms with van der Waals surface area (Å²) in [5, 5.41) is 1.08. The van der Waals surface area contributed by atoms with E-state index < -0.39 is 0 Å². The molecule has 0 unspecified atom stereocenters. The number of nitrogens with zero attached hydrogens (tertiary/aromatic N) is 2. The van der Waals surface area contributed by atoms with E-state index in [1.807, 2.05) is 15.9 Å². The second-order valence-corrected chi connectivity index (χ2v) is 8.69. The number of carbonyl (C=O) groups excluding carboxylic acids is 2. The normalized spacial score (nSPS) is 17.2. The van der Waals surface area contributed by atoms with E-state index in [9.17, 15) is 9.59 Å². The van der Waals surface area contributed by atoms with Gasteiger partial charge in [0.15, 0.2) is 0 Å². The SMILES string of the molecule is O=C(Cc1ccc(Cl)cc1Cl)N1CCC(C(=O)N2CCc3ccccc3C2)CC1. The molecule has 0 radical (unpaired) electrons. The monoisotopic (exact) mass is 430 g/mol. The molecule has 1 fully saturated rings. The minimum Gasteiger partial charge on any atom is -0.342 e. The topological polar surface area (TPSA) is 40.6 Å². The van der Waals surface area contributed by atoms with E-state index >= 15 is 0 Å². The van der Waals surface area contributed by atoms with Crippen LogP contribution in [0.1, 0.15) is 29.5 Å². The van der Waals surface area contributed by atoms with E-state index in [2.05, 4.69) is 18.2 Å². The number of amides is 2. The summed E-state index contributed by atoms with van der Waals surface area (Å²) in [7, 11) is 0. The highest BCUT2D eigenvalue weighted by Crippen LogP contribution is 2.26. The average molecular weight is 431 g/mol. The van der Waals surface area contributed by atoms with Crippen molar-refractivity contribution in [1.82, 2.24) is 9.80 Å². The molecule has 2 aliphatic heterocycles. The van der Waals surface area contributed by atoms with Crippen LogP contribution in [-0.2, 0) is 29.0 Å². The van der Waals surface area contributed by atoms with Crippen molar-refractivity contribution in [1.29, 1.82) is 0 Å². The molecule has 6 heteroatoms. The summed E-state index contributed by atoms with van der Waals surface area (Å²) in [6.07, 6.45) is 2.62. The maximum absolute atomic E-state index is 13.0. The molecule has 2 amide bonds. The molecule has 0 aliphatic carbocycles. The second-order valence-electron chi connectivity index (χ2n) is 7.85. The first-order valence-corrected chi connectivity index (χ1v) is 10.8. The van der Waals surface area contributed by atoms with Gasteiger partial charge in [-0.1, -0.05) is 53.5 Å². The van der Waals surface area contributed by atoms with Gasteiger partial charge in [-0.05, 0) is 48.1 Å². The van der Waals surface area contributed by atoms with E-state index in [0.29, 0.717) is 29.7 Å². The number of hydrogen-bond donors (Lipinski definition) is 0. The molecule has 2 aromatic rings. The Kier molecular flexibility index (Phi) is 6.12. The summed E-state index contributed by atoms with van der Waals surface area (Å²) in [6, 6.07) is 13.5. The number of halogens is 2. The van der Waals surface area contributed by atoms with Crippen LogP contribution in [0.25, 0.3) is 0 Å². The van der Waals surface area contributed by atoms with Crippen LogP contribution in [0.4, 0.5) is 0 Å². The van der Waals surface area contributed by atoms with Crippen molar-refractivity contribution in [2.75, 3.05) is 19.6 Å². The van der Waals surface area contributed by atoms with E-state index in [1.165, 1.54) is 11.1 Å². The summed E-state index contributed by atoms with van der Waals surface area (Å²) < 4.78 is 0. The highest BCUT2D eigenvalue weighted by atomic mass is 35.5. The Morgan fingerprint density at radius 2 is 1.66 bits per heavy atom. The summed E-state index contributed by atoms with van der Waals surface area (Å²) >= 11 is 12.1. The number of carbonyl (C=O) groups is 2. The molecule has 0 N–H and O–H groups in total. The van der Waals surface area contributed by atoms with E-state index in [0.717, 1.165) is 31.4 Å². The van der Waals surface area contributed by atoms with Crippen molar-refractivity contribution in [3.05, 3.63) is 69.2 Å². The Morgan fingerprint density at radius 1 is 0.931 bits per heavy atom. The number of likely N-dealkylation sites (tertiary alicyclic amines) is 1. The fourth-order valence-electron chi connectivity index (χ4n) is 4.26. The van der Waals surface area contributed by atoms with Gasteiger partial charge in [0.05, 0.1) is 6.42 Å². The van der Waals surface area contributed by atoms with Crippen molar-refractivity contribution in [2.45, 2.75) is 32.2 Å². The molecule has 1 saturated heterocycles. The zero-order valence-electron chi connectivity index (χ0n) is 16.2. The van der Waals surface area contributed by atoms with Crippen LogP contribution < -0.4 is 0 Å². The Balaban J connectivity index is 1.31. The molecule has 152 valence electrons. The van der Waals surface area contributed by atoms with E-state index in [4.69, 9.17) is 23.2 Å². The number of fused-ring (bicyclic) bond motifs is 1. The third kappa shape index (κ3) is 4.59. The molecule has 4 rings (SSSR count). The first-order chi connectivity index (χ1) is 14.0. The smallest absolute Gasteiger partial charge is 0.227 e. The van der Waals surface area contributed by atoms with Crippen LogP contribution in [0, 0.1) is 5.92 Å². The lowest BCUT2D eigenvalue weighted by Gasteiger charge is -2.36. The molecule has 0 aromatic heterocycles. The fourth-order valence-corrected chi connectivity index (χ4v) is 4.73. The van der Waals surface area contributed by atoms with Gasteiger partial charge >= 0.3 is 0 Å². The molecule has 0 atom stereocenters. The zero-order valence-corrected chi connectivity index (χ0v) is 17.8. The Bertz CT molecular complexity index is 923. The van der Waals surface area contributed by atoms with Crippen molar-refractivity contribution >= 4 is 35.0 Å². The van der Waals surface area contributed by atoms with Gasteiger partial charge in [-0.3, -0.25) is 9.59 Å². The van der Waals surface area contributed by atoms with Crippen LogP contribution in [-0.4, -0.2) is 41.2 Å². The van der Waals surface area contributed by atoms with Gasteiger partial charge < -0.3 is 9.80 Å².